The van der Waals surface area contributed by atoms with Crippen molar-refractivity contribution in [2.75, 3.05) is 18.5 Å². The van der Waals surface area contributed by atoms with Crippen LogP contribution in [0.15, 0.2) is 12.4 Å². The molecule has 0 amide bonds. The third kappa shape index (κ3) is 1.18. The van der Waals surface area contributed by atoms with Crippen LogP contribution in [0.5, 0.6) is 11.5 Å². The first kappa shape index (κ1) is 9.47. The van der Waals surface area contributed by atoms with E-state index in [1.807, 2.05) is 0 Å². The van der Waals surface area contributed by atoms with Gasteiger partial charge in [-0.05, 0) is 0 Å². The van der Waals surface area contributed by atoms with Crippen molar-refractivity contribution in [1.82, 2.24) is 9.97 Å². The molecule has 1 aliphatic heterocycles. The van der Waals surface area contributed by atoms with Gasteiger partial charge in [-0.3, -0.25) is 4.98 Å². The molecule has 82 valence electrons. The number of hydrogen-bond donors (Lipinski definition) is 2. The van der Waals surface area contributed by atoms with Gasteiger partial charge in [-0.15, -0.1) is 0 Å². The normalized spacial score (nSPS) is 14.1. The van der Waals surface area contributed by atoms with E-state index in [1.54, 1.807) is 6.20 Å². The largest absolute Gasteiger partial charge is 0.504 e. The third-order valence-electron chi connectivity index (χ3n) is 2.44. The molecule has 5 nitrogen and oxygen atoms in total. The molecule has 0 aliphatic carbocycles. The second-order valence-corrected chi connectivity index (χ2v) is 3.77. The summed E-state index contributed by atoms with van der Waals surface area (Å²) in [7, 11) is 0. The number of nitrogens with one attached hydrogen (secondary N) is 1. The fraction of sp³-hybridized carbons (Fsp3) is 0.200. The Labute approximate surface area is 96.0 Å². The van der Waals surface area contributed by atoms with E-state index in [0.717, 1.165) is 0 Å². The van der Waals surface area contributed by atoms with Crippen molar-refractivity contribution < 1.29 is 9.84 Å². The van der Waals surface area contributed by atoms with Crippen LogP contribution in [0.3, 0.4) is 0 Å². The van der Waals surface area contributed by atoms with Gasteiger partial charge in [-0.25, -0.2) is 4.98 Å². The van der Waals surface area contributed by atoms with Crippen molar-refractivity contribution in [3.63, 3.8) is 0 Å². The molecule has 1 aromatic heterocycles. The molecule has 2 N–H and O–H groups in total. The minimum Gasteiger partial charge on any atom is -0.504 e. The Morgan fingerprint density at radius 2 is 2.06 bits per heavy atom. The molecule has 0 saturated carbocycles. The first-order chi connectivity index (χ1) is 7.79. The Hall–Kier alpha value is -1.75. The molecule has 0 unspecified atom stereocenters. The minimum absolute atomic E-state index is 0.0905. The molecule has 2 aromatic rings. The monoisotopic (exact) mass is 237 g/mol. The van der Waals surface area contributed by atoms with E-state index >= 15 is 0 Å². The zero-order chi connectivity index (χ0) is 11.1. The topological polar surface area (TPSA) is 67.3 Å². The Kier molecular flexibility index (Phi) is 2.00. The summed E-state index contributed by atoms with van der Waals surface area (Å²) in [6.45, 7) is 1.19. The molecule has 0 bridgehead atoms. The van der Waals surface area contributed by atoms with Gasteiger partial charge < -0.3 is 15.2 Å². The van der Waals surface area contributed by atoms with E-state index in [2.05, 4.69) is 15.3 Å². The van der Waals surface area contributed by atoms with Crippen LogP contribution in [-0.4, -0.2) is 28.2 Å². The molecule has 0 spiro atoms. The number of nitrogens with zero attached hydrogens (tertiary/aromatic N) is 2. The summed E-state index contributed by atoms with van der Waals surface area (Å²) in [5, 5.41) is 13.2. The highest BCUT2D eigenvalue weighted by molar-refractivity contribution is 6.35. The van der Waals surface area contributed by atoms with Crippen LogP contribution in [0.1, 0.15) is 0 Å². The predicted octanol–water partition coefficient (Wildman–Crippen LogP) is 1.79. The second-order valence-electron chi connectivity index (χ2n) is 3.40. The molecule has 0 fully saturated rings. The summed E-state index contributed by atoms with van der Waals surface area (Å²) < 4.78 is 5.42. The summed E-state index contributed by atoms with van der Waals surface area (Å²) in [6, 6.07) is 0. The molecule has 0 radical (unpaired) electrons. The lowest BCUT2D eigenvalue weighted by Gasteiger charge is -2.21. The highest BCUT2D eigenvalue weighted by Gasteiger charge is 2.23. The fourth-order valence-electron chi connectivity index (χ4n) is 1.75. The molecule has 0 saturated heterocycles. The lowest BCUT2D eigenvalue weighted by Crippen LogP contribution is -2.19. The Balaban J connectivity index is 2.45. The third-order valence-corrected chi connectivity index (χ3v) is 2.79. The molecule has 6 heteroatoms. The molecule has 1 aliphatic rings. The van der Waals surface area contributed by atoms with Gasteiger partial charge >= 0.3 is 0 Å². The highest BCUT2D eigenvalue weighted by atomic mass is 35.5. The molecule has 16 heavy (non-hydrogen) atoms. The van der Waals surface area contributed by atoms with E-state index < -0.39 is 0 Å². The van der Waals surface area contributed by atoms with Crippen molar-refractivity contribution in [3.8, 4) is 11.5 Å². The fourth-order valence-corrected chi connectivity index (χ4v) is 1.99. The standard InChI is InChI=1S/C10H8ClN3O2/c11-5-9(15)7-6(12-1-2-13-7)8-10(5)16-4-3-14-8/h1-2,14-15H,3-4H2. The number of benzene rings is 1. The van der Waals surface area contributed by atoms with Crippen LogP contribution in [-0.2, 0) is 0 Å². The summed E-state index contributed by atoms with van der Waals surface area (Å²) in [5.74, 6) is 0.352. The number of phenols is 1. The average Bonchev–Trinajstić information content (AvgIpc) is 2.36. The van der Waals surface area contributed by atoms with Gasteiger partial charge in [-0.1, -0.05) is 11.6 Å². The molecular formula is C10H8ClN3O2. The lowest BCUT2D eigenvalue weighted by molar-refractivity contribution is 0.322. The number of anilines is 1. The van der Waals surface area contributed by atoms with Crippen molar-refractivity contribution in [2.45, 2.75) is 0 Å². The van der Waals surface area contributed by atoms with E-state index in [4.69, 9.17) is 16.3 Å². The molecule has 3 rings (SSSR count). The maximum Gasteiger partial charge on any atom is 0.167 e. The maximum absolute atomic E-state index is 9.87. The molecular weight excluding hydrogens is 230 g/mol. The number of halogens is 1. The lowest BCUT2D eigenvalue weighted by atomic mass is 10.2. The number of phenolic OH excluding ortho intramolecular Hbond substituents is 1. The summed E-state index contributed by atoms with van der Waals surface area (Å²) in [5.41, 5.74) is 1.64. The summed E-state index contributed by atoms with van der Waals surface area (Å²) in [6.07, 6.45) is 3.07. The van der Waals surface area contributed by atoms with Crippen LogP contribution in [0.4, 0.5) is 5.69 Å². The zero-order valence-corrected chi connectivity index (χ0v) is 8.95. The van der Waals surface area contributed by atoms with E-state index in [-0.39, 0.29) is 10.8 Å². The van der Waals surface area contributed by atoms with Gasteiger partial charge in [0.25, 0.3) is 0 Å². The molecule has 2 heterocycles. The van der Waals surface area contributed by atoms with Crippen LogP contribution >= 0.6 is 11.6 Å². The quantitative estimate of drug-likeness (QED) is 0.684. The van der Waals surface area contributed by atoms with E-state index in [0.29, 0.717) is 35.6 Å². The van der Waals surface area contributed by atoms with Gasteiger partial charge in [0.2, 0.25) is 0 Å². The van der Waals surface area contributed by atoms with Crippen LogP contribution in [0.2, 0.25) is 5.02 Å². The zero-order valence-electron chi connectivity index (χ0n) is 8.20. The molecule has 1 aromatic carbocycles. The van der Waals surface area contributed by atoms with Crippen molar-refractivity contribution in [2.24, 2.45) is 0 Å². The smallest absolute Gasteiger partial charge is 0.167 e. The Morgan fingerprint density at radius 1 is 1.31 bits per heavy atom. The number of hydrogen-bond acceptors (Lipinski definition) is 5. The van der Waals surface area contributed by atoms with E-state index in [9.17, 15) is 5.11 Å². The summed E-state index contributed by atoms with van der Waals surface area (Å²) in [4.78, 5) is 8.23. The van der Waals surface area contributed by atoms with Crippen molar-refractivity contribution in [3.05, 3.63) is 17.4 Å². The van der Waals surface area contributed by atoms with Gasteiger partial charge in [0.15, 0.2) is 11.5 Å². The minimum atomic E-state index is -0.0905. The number of fused-ring (bicyclic) bond motifs is 3. The SMILES string of the molecule is Oc1c(Cl)c2c(c3nccnc13)NCCO2. The first-order valence-corrected chi connectivity index (χ1v) is 5.18. The highest BCUT2D eigenvalue weighted by Crippen LogP contribution is 2.46. The number of ether oxygens (including phenoxy) is 1. The molecule has 0 atom stereocenters. The number of aromatic nitrogens is 2. The van der Waals surface area contributed by atoms with Gasteiger partial charge in [0.05, 0.1) is 0 Å². The number of rotatable bonds is 0. The van der Waals surface area contributed by atoms with Crippen LogP contribution < -0.4 is 10.1 Å². The first-order valence-electron chi connectivity index (χ1n) is 4.81. The van der Waals surface area contributed by atoms with Crippen molar-refractivity contribution >= 4 is 28.3 Å². The Bertz CT molecular complexity index is 573. The second kappa shape index (κ2) is 3.38. The van der Waals surface area contributed by atoms with Crippen LogP contribution in [0, 0.1) is 0 Å². The van der Waals surface area contributed by atoms with Crippen LogP contribution in [0.25, 0.3) is 11.0 Å². The average molecular weight is 238 g/mol. The maximum atomic E-state index is 9.87. The Morgan fingerprint density at radius 3 is 2.88 bits per heavy atom. The van der Waals surface area contributed by atoms with Gasteiger partial charge in [0.1, 0.15) is 28.4 Å². The van der Waals surface area contributed by atoms with Gasteiger partial charge in [-0.2, -0.15) is 0 Å². The van der Waals surface area contributed by atoms with E-state index in [1.165, 1.54) is 6.20 Å². The number of aromatic hydroxyl groups is 1. The summed E-state index contributed by atoms with van der Waals surface area (Å²) >= 11 is 6.01. The van der Waals surface area contributed by atoms with Crippen molar-refractivity contribution in [1.29, 1.82) is 0 Å². The predicted molar refractivity (Wildman–Crippen MR) is 60.2 cm³/mol. The van der Waals surface area contributed by atoms with Gasteiger partial charge in [0, 0.05) is 18.9 Å².